The first-order valence-corrected chi connectivity index (χ1v) is 6.43. The Morgan fingerprint density at radius 3 is 3.06 bits per heavy atom. The molecule has 1 N–H and O–H groups in total. The molecule has 1 amide bonds. The first kappa shape index (κ1) is 11.5. The first-order chi connectivity index (χ1) is 8.66. The van der Waals surface area contributed by atoms with Gasteiger partial charge in [-0.15, -0.1) is 0 Å². The molecule has 0 radical (unpaired) electrons. The van der Waals surface area contributed by atoms with Crippen molar-refractivity contribution in [1.29, 1.82) is 0 Å². The fraction of sp³-hybridized carbons (Fsp3) is 0.538. The fourth-order valence-corrected chi connectivity index (χ4v) is 2.69. The van der Waals surface area contributed by atoms with E-state index in [1.165, 1.54) is 0 Å². The molecule has 2 aliphatic rings. The monoisotopic (exact) mass is 246 g/mol. The minimum Gasteiger partial charge on any atom is -0.340 e. The van der Waals surface area contributed by atoms with Gasteiger partial charge in [0.05, 0.1) is 5.69 Å². The molecule has 2 aliphatic heterocycles. The number of anilines is 2. The molecule has 1 aromatic heterocycles. The molecule has 5 heteroatoms. The number of nitrogens with one attached hydrogen (secondary N) is 1. The van der Waals surface area contributed by atoms with Crippen molar-refractivity contribution in [3.05, 3.63) is 18.3 Å². The minimum absolute atomic E-state index is 0.0841. The van der Waals surface area contributed by atoms with Crippen molar-refractivity contribution in [2.75, 3.05) is 29.9 Å². The fourth-order valence-electron chi connectivity index (χ4n) is 2.69. The van der Waals surface area contributed by atoms with Crippen LogP contribution in [0.5, 0.6) is 0 Å². The summed E-state index contributed by atoms with van der Waals surface area (Å²) in [5.74, 6) is 0.992. The van der Waals surface area contributed by atoms with Gasteiger partial charge in [0.1, 0.15) is 6.04 Å². The molecule has 0 aliphatic carbocycles. The lowest BCUT2D eigenvalue weighted by atomic mass is 10.1. The Bertz CT molecular complexity index is 474. The predicted molar refractivity (Wildman–Crippen MR) is 70.7 cm³/mol. The summed E-state index contributed by atoms with van der Waals surface area (Å²) in [6, 6.07) is 4.13. The van der Waals surface area contributed by atoms with Crippen LogP contribution in [0.4, 0.5) is 11.5 Å². The largest absolute Gasteiger partial charge is 0.340 e. The predicted octanol–water partition coefficient (Wildman–Crippen LogP) is 0.933. The molecule has 3 heterocycles. The molecule has 0 spiro atoms. The molecule has 18 heavy (non-hydrogen) atoms. The van der Waals surface area contributed by atoms with Gasteiger partial charge in [0.25, 0.3) is 0 Å². The van der Waals surface area contributed by atoms with E-state index in [-0.39, 0.29) is 11.9 Å². The maximum absolute atomic E-state index is 12.2. The maximum Gasteiger partial charge on any atom is 0.248 e. The summed E-state index contributed by atoms with van der Waals surface area (Å²) in [5, 5.41) is 2.95. The van der Waals surface area contributed by atoms with Crippen LogP contribution in [-0.2, 0) is 4.79 Å². The van der Waals surface area contributed by atoms with Gasteiger partial charge in [0.2, 0.25) is 5.91 Å². The van der Waals surface area contributed by atoms with E-state index >= 15 is 0 Å². The summed E-state index contributed by atoms with van der Waals surface area (Å²) in [6.07, 6.45) is 1.78. The lowest BCUT2D eigenvalue weighted by molar-refractivity contribution is -0.118. The maximum atomic E-state index is 12.2. The van der Waals surface area contributed by atoms with Crippen LogP contribution < -0.4 is 10.2 Å². The first-order valence-electron chi connectivity index (χ1n) is 6.43. The van der Waals surface area contributed by atoms with Crippen molar-refractivity contribution in [2.45, 2.75) is 25.9 Å². The van der Waals surface area contributed by atoms with E-state index < -0.39 is 0 Å². The minimum atomic E-state index is -0.108. The molecular weight excluding hydrogens is 228 g/mol. The molecule has 96 valence electrons. The van der Waals surface area contributed by atoms with Crippen molar-refractivity contribution in [3.63, 3.8) is 0 Å². The van der Waals surface area contributed by atoms with Gasteiger partial charge in [-0.25, -0.2) is 4.98 Å². The zero-order valence-electron chi connectivity index (χ0n) is 10.8. The molecule has 0 aromatic carbocycles. The number of carbonyl (C=O) groups excluding carboxylic acids is 1. The van der Waals surface area contributed by atoms with E-state index in [2.05, 4.69) is 33.9 Å². The van der Waals surface area contributed by atoms with Crippen LogP contribution in [-0.4, -0.2) is 47.5 Å². The number of piperazine rings is 1. The number of pyridine rings is 1. The van der Waals surface area contributed by atoms with Crippen LogP contribution in [0.3, 0.4) is 0 Å². The molecule has 0 unspecified atom stereocenters. The van der Waals surface area contributed by atoms with Crippen LogP contribution in [0, 0.1) is 0 Å². The molecular formula is C13H18N4O. The van der Waals surface area contributed by atoms with Gasteiger partial charge in [0.15, 0.2) is 5.82 Å². The topological polar surface area (TPSA) is 48.5 Å². The number of hydrogen-bond donors (Lipinski definition) is 1. The third-order valence-electron chi connectivity index (χ3n) is 3.76. The van der Waals surface area contributed by atoms with Gasteiger partial charge in [-0.2, -0.15) is 0 Å². The second kappa shape index (κ2) is 4.24. The lowest BCUT2D eigenvalue weighted by Crippen LogP contribution is -2.61. The Balaban J connectivity index is 1.91. The second-order valence-corrected chi connectivity index (χ2v) is 5.16. The van der Waals surface area contributed by atoms with E-state index in [0.29, 0.717) is 6.04 Å². The molecule has 1 aromatic rings. The molecule has 0 saturated carbocycles. The number of aromatic nitrogens is 1. The van der Waals surface area contributed by atoms with Crippen LogP contribution in [0.2, 0.25) is 0 Å². The molecule has 3 rings (SSSR count). The van der Waals surface area contributed by atoms with Crippen molar-refractivity contribution in [2.24, 2.45) is 0 Å². The van der Waals surface area contributed by atoms with Gasteiger partial charge < -0.3 is 10.2 Å². The summed E-state index contributed by atoms with van der Waals surface area (Å²) in [4.78, 5) is 21.0. The normalized spacial score (nSPS) is 23.6. The average Bonchev–Trinajstić information content (AvgIpc) is 2.38. The van der Waals surface area contributed by atoms with Gasteiger partial charge in [0, 0.05) is 31.9 Å². The highest BCUT2D eigenvalue weighted by Gasteiger charge is 2.38. The number of hydrogen-bond acceptors (Lipinski definition) is 4. The quantitative estimate of drug-likeness (QED) is 0.801. The van der Waals surface area contributed by atoms with Crippen molar-refractivity contribution < 1.29 is 4.79 Å². The Hall–Kier alpha value is -1.62. The third-order valence-corrected chi connectivity index (χ3v) is 3.76. The summed E-state index contributed by atoms with van der Waals surface area (Å²) in [5.41, 5.74) is 0.830. The molecule has 5 nitrogen and oxygen atoms in total. The average molecular weight is 246 g/mol. The molecule has 1 saturated heterocycles. The Labute approximate surface area is 107 Å². The molecule has 1 fully saturated rings. The molecule has 1 atom stereocenters. The van der Waals surface area contributed by atoms with Crippen LogP contribution in [0.25, 0.3) is 0 Å². The number of nitrogens with zero attached hydrogens (tertiary/aromatic N) is 3. The highest BCUT2D eigenvalue weighted by Crippen LogP contribution is 2.31. The standard InChI is InChI=1S/C13H18N4O/c1-9(2)16-6-7-17-11(8-16)13(18)15-10-4-3-5-14-12(10)17/h3-5,9,11H,6-8H2,1-2H3,(H,15,18)/t11-/m0/s1. The van der Waals surface area contributed by atoms with Crippen molar-refractivity contribution >= 4 is 17.4 Å². The summed E-state index contributed by atoms with van der Waals surface area (Å²) in [6.45, 7) is 6.96. The number of carbonyl (C=O) groups is 1. The Morgan fingerprint density at radius 2 is 2.28 bits per heavy atom. The summed E-state index contributed by atoms with van der Waals surface area (Å²) < 4.78 is 0. The van der Waals surface area contributed by atoms with E-state index in [0.717, 1.165) is 31.1 Å². The lowest BCUT2D eigenvalue weighted by Gasteiger charge is -2.45. The van der Waals surface area contributed by atoms with E-state index in [9.17, 15) is 4.79 Å². The second-order valence-electron chi connectivity index (χ2n) is 5.16. The number of fused-ring (bicyclic) bond motifs is 3. The summed E-state index contributed by atoms with van der Waals surface area (Å²) in [7, 11) is 0. The third kappa shape index (κ3) is 1.75. The smallest absolute Gasteiger partial charge is 0.248 e. The van der Waals surface area contributed by atoms with Crippen LogP contribution in [0.1, 0.15) is 13.8 Å². The number of amides is 1. The van der Waals surface area contributed by atoms with Gasteiger partial charge >= 0.3 is 0 Å². The Kier molecular flexibility index (Phi) is 2.70. The Morgan fingerprint density at radius 1 is 1.44 bits per heavy atom. The zero-order valence-corrected chi connectivity index (χ0v) is 10.8. The van der Waals surface area contributed by atoms with Gasteiger partial charge in [-0.3, -0.25) is 9.69 Å². The van der Waals surface area contributed by atoms with E-state index in [1.54, 1.807) is 6.20 Å². The van der Waals surface area contributed by atoms with Crippen molar-refractivity contribution in [1.82, 2.24) is 9.88 Å². The van der Waals surface area contributed by atoms with Gasteiger partial charge in [-0.05, 0) is 26.0 Å². The van der Waals surface area contributed by atoms with Gasteiger partial charge in [-0.1, -0.05) is 0 Å². The number of rotatable bonds is 1. The van der Waals surface area contributed by atoms with Crippen molar-refractivity contribution in [3.8, 4) is 0 Å². The van der Waals surface area contributed by atoms with E-state index in [4.69, 9.17) is 0 Å². The molecule has 0 bridgehead atoms. The van der Waals surface area contributed by atoms with Crippen LogP contribution >= 0.6 is 0 Å². The summed E-state index contributed by atoms with van der Waals surface area (Å²) >= 11 is 0. The highest BCUT2D eigenvalue weighted by atomic mass is 16.2. The highest BCUT2D eigenvalue weighted by molar-refractivity contribution is 6.03. The van der Waals surface area contributed by atoms with Crippen LogP contribution in [0.15, 0.2) is 18.3 Å². The SMILES string of the molecule is CC(C)N1CCN2c3ncccc3NC(=O)[C@@H]2C1. The van der Waals surface area contributed by atoms with E-state index in [1.807, 2.05) is 12.1 Å². The zero-order chi connectivity index (χ0) is 12.7.